The molecular weight excluding hydrogens is 214 g/mol. The Labute approximate surface area is 90.0 Å². The molecule has 0 aliphatic heterocycles. The predicted molar refractivity (Wildman–Crippen MR) is 58.8 cm³/mol. The van der Waals surface area contributed by atoms with Crippen LogP contribution in [0.1, 0.15) is 10.4 Å². The van der Waals surface area contributed by atoms with Gasteiger partial charge in [0.15, 0.2) is 0 Å². The molecule has 0 aliphatic carbocycles. The van der Waals surface area contributed by atoms with Crippen molar-refractivity contribution in [1.29, 1.82) is 0 Å². The number of thiol groups is 1. The quantitative estimate of drug-likeness (QED) is 0.639. The molecule has 76 valence electrons. The van der Waals surface area contributed by atoms with Crippen LogP contribution in [0.3, 0.4) is 0 Å². The first-order chi connectivity index (χ1) is 7.09. The van der Waals surface area contributed by atoms with Gasteiger partial charge in [-0.2, -0.15) is 0 Å². The number of aromatic amines is 1. The fourth-order valence-corrected chi connectivity index (χ4v) is 1.63. The Hall–Kier alpha value is -1.75. The van der Waals surface area contributed by atoms with Crippen molar-refractivity contribution in [1.82, 2.24) is 4.98 Å². The van der Waals surface area contributed by atoms with Crippen LogP contribution >= 0.6 is 12.6 Å². The normalized spacial score (nSPS) is 10.5. The molecule has 1 heterocycles. The minimum absolute atomic E-state index is 0.0814. The standard InChI is InChI=1S/C10H7NO3S/c12-9-7-3-5(15)1-2-6(7)8(4-11-9)10(13)14/h1-4,15H,(H,11,12)(H,13,14). The molecule has 0 saturated heterocycles. The highest BCUT2D eigenvalue weighted by molar-refractivity contribution is 7.80. The van der Waals surface area contributed by atoms with Crippen molar-refractivity contribution in [2.45, 2.75) is 4.90 Å². The largest absolute Gasteiger partial charge is 0.478 e. The molecule has 1 aromatic heterocycles. The highest BCUT2D eigenvalue weighted by atomic mass is 32.1. The Kier molecular flexibility index (Phi) is 2.24. The third-order valence-electron chi connectivity index (χ3n) is 2.12. The fraction of sp³-hybridized carbons (Fsp3) is 0. The summed E-state index contributed by atoms with van der Waals surface area (Å²) in [5.41, 5.74) is -0.233. The maximum Gasteiger partial charge on any atom is 0.337 e. The topological polar surface area (TPSA) is 70.2 Å². The number of H-pyrrole nitrogens is 1. The molecule has 2 rings (SSSR count). The van der Waals surface area contributed by atoms with Gasteiger partial charge >= 0.3 is 5.97 Å². The predicted octanol–water partition coefficient (Wildman–Crippen LogP) is 1.51. The van der Waals surface area contributed by atoms with Crippen LogP contribution in [-0.4, -0.2) is 16.1 Å². The number of aromatic nitrogens is 1. The van der Waals surface area contributed by atoms with Crippen LogP contribution in [0.15, 0.2) is 34.1 Å². The van der Waals surface area contributed by atoms with E-state index >= 15 is 0 Å². The van der Waals surface area contributed by atoms with E-state index in [1.807, 2.05) is 0 Å². The molecule has 0 aliphatic rings. The van der Waals surface area contributed by atoms with E-state index in [1.165, 1.54) is 6.20 Å². The molecule has 0 bridgehead atoms. The minimum Gasteiger partial charge on any atom is -0.478 e. The second-order valence-corrected chi connectivity index (χ2v) is 3.58. The lowest BCUT2D eigenvalue weighted by molar-refractivity contribution is 0.0698. The number of carbonyl (C=O) groups is 1. The third kappa shape index (κ3) is 1.61. The molecule has 0 unspecified atom stereocenters. The van der Waals surface area contributed by atoms with Crippen LogP contribution in [0, 0.1) is 0 Å². The van der Waals surface area contributed by atoms with Crippen molar-refractivity contribution < 1.29 is 9.90 Å². The number of hydrogen-bond donors (Lipinski definition) is 3. The van der Waals surface area contributed by atoms with Gasteiger partial charge in [-0.05, 0) is 12.1 Å². The van der Waals surface area contributed by atoms with Crippen molar-refractivity contribution >= 4 is 29.4 Å². The first-order valence-corrected chi connectivity index (χ1v) is 4.62. The van der Waals surface area contributed by atoms with E-state index in [0.29, 0.717) is 15.7 Å². The van der Waals surface area contributed by atoms with Gasteiger partial charge in [0, 0.05) is 21.9 Å². The maximum absolute atomic E-state index is 11.4. The maximum atomic E-state index is 11.4. The van der Waals surface area contributed by atoms with Gasteiger partial charge in [-0.3, -0.25) is 4.79 Å². The summed E-state index contributed by atoms with van der Waals surface area (Å²) in [6, 6.07) is 4.78. The lowest BCUT2D eigenvalue weighted by Gasteiger charge is -2.01. The highest BCUT2D eigenvalue weighted by Gasteiger charge is 2.10. The molecule has 0 amide bonds. The van der Waals surface area contributed by atoms with Gasteiger partial charge in [0.2, 0.25) is 0 Å². The molecule has 2 N–H and O–H groups in total. The van der Waals surface area contributed by atoms with Gasteiger partial charge in [0.25, 0.3) is 5.56 Å². The molecule has 0 spiro atoms. The lowest BCUT2D eigenvalue weighted by Crippen LogP contribution is -2.09. The lowest BCUT2D eigenvalue weighted by atomic mass is 10.1. The molecule has 5 heteroatoms. The van der Waals surface area contributed by atoms with E-state index in [0.717, 1.165) is 0 Å². The van der Waals surface area contributed by atoms with E-state index in [-0.39, 0.29) is 11.1 Å². The summed E-state index contributed by atoms with van der Waals surface area (Å²) in [5.74, 6) is -1.07. The fourth-order valence-electron chi connectivity index (χ4n) is 1.43. The van der Waals surface area contributed by atoms with Crippen molar-refractivity contribution in [3.05, 3.63) is 40.3 Å². The van der Waals surface area contributed by atoms with E-state index in [2.05, 4.69) is 17.6 Å². The van der Waals surface area contributed by atoms with Crippen LogP contribution in [0.25, 0.3) is 10.8 Å². The monoisotopic (exact) mass is 221 g/mol. The minimum atomic E-state index is -1.07. The second-order valence-electron chi connectivity index (χ2n) is 3.07. The van der Waals surface area contributed by atoms with Crippen molar-refractivity contribution in [3.8, 4) is 0 Å². The molecule has 1 aromatic carbocycles. The number of rotatable bonds is 1. The number of carboxylic acids is 1. The summed E-state index contributed by atoms with van der Waals surface area (Å²) in [4.78, 5) is 25.3. The van der Waals surface area contributed by atoms with Gasteiger partial charge in [-0.1, -0.05) is 6.07 Å². The van der Waals surface area contributed by atoms with Gasteiger partial charge in [0.1, 0.15) is 0 Å². The summed E-state index contributed by atoms with van der Waals surface area (Å²) < 4.78 is 0. The Morgan fingerprint density at radius 2 is 2.07 bits per heavy atom. The molecule has 0 fully saturated rings. The van der Waals surface area contributed by atoms with Crippen LogP contribution in [0.5, 0.6) is 0 Å². The smallest absolute Gasteiger partial charge is 0.337 e. The van der Waals surface area contributed by atoms with Gasteiger partial charge in [-0.15, -0.1) is 12.6 Å². The summed E-state index contributed by atoms with van der Waals surface area (Å²) in [5, 5.41) is 9.66. The van der Waals surface area contributed by atoms with E-state index in [1.54, 1.807) is 18.2 Å². The summed E-state index contributed by atoms with van der Waals surface area (Å²) in [6.07, 6.45) is 1.20. The number of hydrogen-bond acceptors (Lipinski definition) is 3. The van der Waals surface area contributed by atoms with E-state index in [4.69, 9.17) is 5.11 Å². The molecule has 4 nitrogen and oxygen atoms in total. The Morgan fingerprint density at radius 1 is 1.33 bits per heavy atom. The number of carboxylic acid groups (broad SMARTS) is 1. The zero-order valence-electron chi connectivity index (χ0n) is 7.52. The van der Waals surface area contributed by atoms with Crippen LogP contribution < -0.4 is 5.56 Å². The SMILES string of the molecule is O=C(O)c1c[nH]c(=O)c2cc(S)ccc12. The number of fused-ring (bicyclic) bond motifs is 1. The molecule has 2 aromatic rings. The van der Waals surface area contributed by atoms with Crippen LogP contribution in [-0.2, 0) is 0 Å². The third-order valence-corrected chi connectivity index (χ3v) is 2.39. The molecule has 0 radical (unpaired) electrons. The molecule has 15 heavy (non-hydrogen) atoms. The molecule has 0 atom stereocenters. The number of benzene rings is 1. The number of nitrogens with one attached hydrogen (secondary N) is 1. The Balaban J connectivity index is 2.95. The van der Waals surface area contributed by atoms with Gasteiger partial charge in [0.05, 0.1) is 5.56 Å². The molecule has 0 saturated carbocycles. The van der Waals surface area contributed by atoms with Crippen LogP contribution in [0.2, 0.25) is 0 Å². The van der Waals surface area contributed by atoms with Crippen molar-refractivity contribution in [2.24, 2.45) is 0 Å². The second kappa shape index (κ2) is 3.43. The van der Waals surface area contributed by atoms with E-state index < -0.39 is 5.97 Å². The first-order valence-electron chi connectivity index (χ1n) is 4.17. The number of aromatic carboxylic acids is 1. The first kappa shape index (κ1) is 9.79. The van der Waals surface area contributed by atoms with Crippen molar-refractivity contribution in [3.63, 3.8) is 0 Å². The Morgan fingerprint density at radius 3 is 2.73 bits per heavy atom. The van der Waals surface area contributed by atoms with Gasteiger partial charge in [-0.25, -0.2) is 4.79 Å². The summed E-state index contributed by atoms with van der Waals surface area (Å²) in [7, 11) is 0. The van der Waals surface area contributed by atoms with Crippen molar-refractivity contribution in [2.75, 3.05) is 0 Å². The zero-order chi connectivity index (χ0) is 11.0. The molecular formula is C10H7NO3S. The number of pyridine rings is 1. The summed E-state index contributed by atoms with van der Waals surface area (Å²) >= 11 is 4.09. The van der Waals surface area contributed by atoms with E-state index in [9.17, 15) is 9.59 Å². The highest BCUT2D eigenvalue weighted by Crippen LogP contribution is 2.18. The summed E-state index contributed by atoms with van der Waals surface area (Å²) in [6.45, 7) is 0. The average Bonchev–Trinajstić information content (AvgIpc) is 2.19. The zero-order valence-corrected chi connectivity index (χ0v) is 8.41. The van der Waals surface area contributed by atoms with Gasteiger partial charge < -0.3 is 10.1 Å². The van der Waals surface area contributed by atoms with Crippen LogP contribution in [0.4, 0.5) is 0 Å². The Bertz CT molecular complexity index is 603. The average molecular weight is 221 g/mol.